The van der Waals surface area contributed by atoms with Gasteiger partial charge in [0.25, 0.3) is 0 Å². The van der Waals surface area contributed by atoms with Crippen molar-refractivity contribution in [3.05, 3.63) is 59.7 Å². The van der Waals surface area contributed by atoms with E-state index in [0.717, 1.165) is 23.3 Å². The SMILES string of the molecule is NC1CC(c2ccc(O)cc2)Oc2ccccc21. The first kappa shape index (κ1) is 11.1. The Balaban J connectivity index is 1.92. The quantitative estimate of drug-likeness (QED) is 0.807. The zero-order valence-electron chi connectivity index (χ0n) is 9.91. The first-order valence-electron chi connectivity index (χ1n) is 6.04. The molecule has 2 atom stereocenters. The maximum atomic E-state index is 9.30. The van der Waals surface area contributed by atoms with E-state index in [4.69, 9.17) is 10.5 Å². The summed E-state index contributed by atoms with van der Waals surface area (Å²) in [5, 5.41) is 9.30. The molecule has 3 heteroatoms. The second-order valence-electron chi connectivity index (χ2n) is 4.58. The van der Waals surface area contributed by atoms with E-state index in [1.54, 1.807) is 12.1 Å². The summed E-state index contributed by atoms with van der Waals surface area (Å²) in [7, 11) is 0. The van der Waals surface area contributed by atoms with E-state index in [1.807, 2.05) is 36.4 Å². The highest BCUT2D eigenvalue weighted by atomic mass is 16.5. The molecule has 2 unspecified atom stereocenters. The maximum absolute atomic E-state index is 9.30. The summed E-state index contributed by atoms with van der Waals surface area (Å²) in [6.45, 7) is 0. The van der Waals surface area contributed by atoms with E-state index < -0.39 is 0 Å². The fraction of sp³-hybridized carbons (Fsp3) is 0.200. The van der Waals surface area contributed by atoms with Crippen LogP contribution in [0.5, 0.6) is 11.5 Å². The van der Waals surface area contributed by atoms with Gasteiger partial charge in [0.15, 0.2) is 0 Å². The van der Waals surface area contributed by atoms with Crippen LogP contribution < -0.4 is 10.5 Å². The van der Waals surface area contributed by atoms with Gasteiger partial charge in [-0.1, -0.05) is 30.3 Å². The van der Waals surface area contributed by atoms with Gasteiger partial charge in [0.2, 0.25) is 0 Å². The minimum absolute atomic E-state index is 0.00578. The van der Waals surface area contributed by atoms with Crippen molar-refractivity contribution < 1.29 is 9.84 Å². The van der Waals surface area contributed by atoms with Crippen molar-refractivity contribution in [2.45, 2.75) is 18.6 Å². The molecule has 3 nitrogen and oxygen atoms in total. The number of hydrogen-bond acceptors (Lipinski definition) is 3. The summed E-state index contributed by atoms with van der Waals surface area (Å²) in [6, 6.07) is 15.0. The van der Waals surface area contributed by atoms with Crippen molar-refractivity contribution in [1.29, 1.82) is 0 Å². The average Bonchev–Trinajstić information content (AvgIpc) is 2.39. The number of phenolic OH excluding ortho intramolecular Hbond substituents is 1. The highest BCUT2D eigenvalue weighted by molar-refractivity contribution is 5.39. The maximum Gasteiger partial charge on any atom is 0.126 e. The van der Waals surface area contributed by atoms with E-state index in [1.165, 1.54) is 0 Å². The van der Waals surface area contributed by atoms with Gasteiger partial charge in [0, 0.05) is 18.0 Å². The normalized spacial score (nSPS) is 22.1. The molecule has 0 spiro atoms. The second-order valence-corrected chi connectivity index (χ2v) is 4.58. The average molecular weight is 241 g/mol. The van der Waals surface area contributed by atoms with Crippen LogP contribution in [-0.4, -0.2) is 5.11 Å². The molecule has 0 radical (unpaired) electrons. The minimum Gasteiger partial charge on any atom is -0.508 e. The monoisotopic (exact) mass is 241 g/mol. The Morgan fingerprint density at radius 2 is 1.78 bits per heavy atom. The number of aromatic hydroxyl groups is 1. The van der Waals surface area contributed by atoms with E-state index in [2.05, 4.69) is 0 Å². The first-order chi connectivity index (χ1) is 8.74. The fourth-order valence-electron chi connectivity index (χ4n) is 2.35. The van der Waals surface area contributed by atoms with Crippen molar-refractivity contribution >= 4 is 0 Å². The topological polar surface area (TPSA) is 55.5 Å². The first-order valence-corrected chi connectivity index (χ1v) is 6.04. The van der Waals surface area contributed by atoms with E-state index in [9.17, 15) is 5.11 Å². The molecule has 1 aliphatic rings. The fourth-order valence-corrected chi connectivity index (χ4v) is 2.35. The van der Waals surface area contributed by atoms with E-state index in [0.29, 0.717) is 0 Å². The number of ether oxygens (including phenoxy) is 1. The summed E-state index contributed by atoms with van der Waals surface area (Å²) in [5.74, 6) is 1.12. The standard InChI is InChI=1S/C15H15NO2/c16-13-9-15(10-5-7-11(17)8-6-10)18-14-4-2-1-3-12(13)14/h1-8,13,15,17H,9,16H2. The number of para-hydroxylation sites is 1. The second kappa shape index (κ2) is 4.35. The van der Waals surface area contributed by atoms with Crippen LogP contribution in [0.1, 0.15) is 29.7 Å². The predicted molar refractivity (Wildman–Crippen MR) is 69.5 cm³/mol. The van der Waals surface area contributed by atoms with Crippen molar-refractivity contribution in [3.8, 4) is 11.5 Å². The largest absolute Gasteiger partial charge is 0.508 e. The lowest BCUT2D eigenvalue weighted by atomic mass is 9.94. The van der Waals surface area contributed by atoms with Crippen molar-refractivity contribution in [2.75, 3.05) is 0 Å². The third-order valence-electron chi connectivity index (χ3n) is 3.32. The van der Waals surface area contributed by atoms with Gasteiger partial charge in [-0.25, -0.2) is 0 Å². The molecule has 0 saturated heterocycles. The smallest absolute Gasteiger partial charge is 0.126 e. The molecule has 0 amide bonds. The Morgan fingerprint density at radius 3 is 2.56 bits per heavy atom. The molecule has 2 aromatic rings. The molecule has 3 N–H and O–H groups in total. The van der Waals surface area contributed by atoms with Crippen molar-refractivity contribution in [1.82, 2.24) is 0 Å². The number of rotatable bonds is 1. The Kier molecular flexibility index (Phi) is 2.68. The lowest BCUT2D eigenvalue weighted by molar-refractivity contribution is 0.161. The molecule has 1 heterocycles. The zero-order valence-corrected chi connectivity index (χ0v) is 9.91. The molecular formula is C15H15NO2. The number of hydrogen-bond donors (Lipinski definition) is 2. The Hall–Kier alpha value is -2.00. The minimum atomic E-state index is -0.0458. The van der Waals surface area contributed by atoms with Crippen LogP contribution >= 0.6 is 0 Å². The van der Waals surface area contributed by atoms with Crippen LogP contribution in [0.15, 0.2) is 48.5 Å². The van der Waals surface area contributed by atoms with Crippen molar-refractivity contribution in [3.63, 3.8) is 0 Å². The molecule has 0 aromatic heterocycles. The molecule has 3 rings (SSSR count). The highest BCUT2D eigenvalue weighted by Crippen LogP contribution is 2.39. The lowest BCUT2D eigenvalue weighted by Gasteiger charge is -2.30. The summed E-state index contributed by atoms with van der Waals surface area (Å²) in [5.41, 5.74) is 8.28. The van der Waals surface area contributed by atoms with Crippen molar-refractivity contribution in [2.24, 2.45) is 5.73 Å². The van der Waals surface area contributed by atoms with E-state index >= 15 is 0 Å². The van der Waals surface area contributed by atoms with Gasteiger partial charge in [0.05, 0.1) is 0 Å². The van der Waals surface area contributed by atoms with E-state index in [-0.39, 0.29) is 17.9 Å². The number of benzene rings is 2. The predicted octanol–water partition coefficient (Wildman–Crippen LogP) is 2.92. The number of fused-ring (bicyclic) bond motifs is 1. The van der Waals surface area contributed by atoms with Crippen LogP contribution in [0.4, 0.5) is 0 Å². The summed E-state index contributed by atoms with van der Waals surface area (Å²) in [6.07, 6.45) is 0.706. The van der Waals surface area contributed by atoms with Gasteiger partial charge >= 0.3 is 0 Å². The summed E-state index contributed by atoms with van der Waals surface area (Å²) < 4.78 is 5.97. The number of phenols is 1. The molecule has 2 aromatic carbocycles. The third kappa shape index (κ3) is 1.93. The van der Waals surface area contributed by atoms with Crippen LogP contribution in [0.2, 0.25) is 0 Å². The molecule has 0 saturated carbocycles. The van der Waals surface area contributed by atoms with Crippen LogP contribution in [-0.2, 0) is 0 Å². The van der Waals surface area contributed by atoms with Crippen LogP contribution in [0.3, 0.4) is 0 Å². The third-order valence-corrected chi connectivity index (χ3v) is 3.32. The molecule has 0 aliphatic carbocycles. The number of nitrogens with two attached hydrogens (primary N) is 1. The zero-order chi connectivity index (χ0) is 12.5. The van der Waals surface area contributed by atoms with Gasteiger partial charge < -0.3 is 15.6 Å². The molecule has 92 valence electrons. The molecule has 0 bridgehead atoms. The van der Waals surface area contributed by atoms with Crippen LogP contribution in [0, 0.1) is 0 Å². The van der Waals surface area contributed by atoms with Gasteiger partial charge in [-0.2, -0.15) is 0 Å². The molecule has 1 aliphatic heterocycles. The Bertz CT molecular complexity index is 551. The highest BCUT2D eigenvalue weighted by Gasteiger charge is 2.26. The van der Waals surface area contributed by atoms with Crippen LogP contribution in [0.25, 0.3) is 0 Å². The summed E-state index contributed by atoms with van der Waals surface area (Å²) >= 11 is 0. The van der Waals surface area contributed by atoms with Gasteiger partial charge in [-0.3, -0.25) is 0 Å². The Labute approximate surface area is 106 Å². The van der Waals surface area contributed by atoms with Gasteiger partial charge in [-0.15, -0.1) is 0 Å². The Morgan fingerprint density at radius 1 is 1.06 bits per heavy atom. The molecular weight excluding hydrogens is 226 g/mol. The molecule has 18 heavy (non-hydrogen) atoms. The van der Waals surface area contributed by atoms with Gasteiger partial charge in [-0.05, 0) is 23.8 Å². The summed E-state index contributed by atoms with van der Waals surface area (Å²) in [4.78, 5) is 0. The van der Waals surface area contributed by atoms with Gasteiger partial charge in [0.1, 0.15) is 17.6 Å². The molecule has 0 fully saturated rings. The lowest BCUT2D eigenvalue weighted by Crippen LogP contribution is -2.23.